The first-order valence-electron chi connectivity index (χ1n) is 8.64. The number of likely N-dealkylation sites (N-methyl/N-ethyl adjacent to an activating group) is 1. The van der Waals surface area contributed by atoms with Crippen molar-refractivity contribution < 1.29 is 14.1 Å². The summed E-state index contributed by atoms with van der Waals surface area (Å²) >= 11 is 13.6. The van der Waals surface area contributed by atoms with E-state index >= 15 is 0 Å². The number of carbonyl (C=O) groups is 1. The Bertz CT molecular complexity index is 946. The minimum absolute atomic E-state index is 0.219. The molecule has 3 heterocycles. The number of aliphatic imine (C=N–C) groups is 1. The second kappa shape index (κ2) is 7.72. The number of piperazine rings is 1. The summed E-state index contributed by atoms with van der Waals surface area (Å²) in [5, 5.41) is 1.87. The van der Waals surface area contributed by atoms with E-state index in [1.54, 1.807) is 18.2 Å². The molecule has 0 unspecified atom stereocenters. The topological polar surface area (TPSA) is 50.2 Å². The van der Waals surface area contributed by atoms with Gasteiger partial charge in [0.25, 0.3) is 5.91 Å². The van der Waals surface area contributed by atoms with Gasteiger partial charge in [-0.05, 0) is 42.1 Å². The van der Waals surface area contributed by atoms with E-state index in [-0.39, 0.29) is 5.91 Å². The number of quaternary nitrogens is 1. The minimum atomic E-state index is -0.219. The zero-order valence-corrected chi connectivity index (χ0v) is 17.0. The number of thioether (sulfide) groups is 1. The number of furan rings is 1. The Kier molecular flexibility index (Phi) is 5.32. The van der Waals surface area contributed by atoms with Gasteiger partial charge in [0, 0.05) is 16.7 Å². The highest BCUT2D eigenvalue weighted by Crippen LogP contribution is 2.34. The standard InChI is InChI=1S/C19H17Cl2N3O2S/c1-23-6-8-24(9-7-23)19-22-18(25)17(27-19)11-13-3-5-16(26-13)14-4-2-12(20)10-15(14)21/h2-5,10-11H,6-9H2,1H3/p+1/b17-11-. The van der Waals surface area contributed by atoms with Crippen LogP contribution in [0.25, 0.3) is 17.4 Å². The van der Waals surface area contributed by atoms with Crippen molar-refractivity contribution in [2.45, 2.75) is 0 Å². The summed E-state index contributed by atoms with van der Waals surface area (Å²) in [7, 11) is 2.18. The number of hydrogen-bond donors (Lipinski definition) is 1. The highest BCUT2D eigenvalue weighted by molar-refractivity contribution is 8.18. The predicted molar refractivity (Wildman–Crippen MR) is 110 cm³/mol. The lowest BCUT2D eigenvalue weighted by atomic mass is 10.2. The third-order valence-corrected chi connectivity index (χ3v) is 6.19. The normalized spacial score (nSPS) is 19.8. The summed E-state index contributed by atoms with van der Waals surface area (Å²) in [6, 6.07) is 8.90. The van der Waals surface area contributed by atoms with Crippen LogP contribution in [-0.2, 0) is 4.79 Å². The largest absolute Gasteiger partial charge is 0.457 e. The van der Waals surface area contributed by atoms with Crippen LogP contribution in [0.15, 0.2) is 44.6 Å². The molecule has 2 aliphatic rings. The molecular weight excluding hydrogens is 405 g/mol. The van der Waals surface area contributed by atoms with Crippen LogP contribution in [0.3, 0.4) is 0 Å². The molecule has 0 aliphatic carbocycles. The maximum absolute atomic E-state index is 12.3. The number of carbonyl (C=O) groups excluding carboxylic acids is 1. The monoisotopic (exact) mass is 422 g/mol. The van der Waals surface area contributed by atoms with E-state index in [0.29, 0.717) is 26.5 Å². The minimum Gasteiger partial charge on any atom is -0.457 e. The second-order valence-electron chi connectivity index (χ2n) is 6.58. The van der Waals surface area contributed by atoms with E-state index in [1.807, 2.05) is 18.2 Å². The van der Waals surface area contributed by atoms with Crippen LogP contribution in [0.1, 0.15) is 5.76 Å². The van der Waals surface area contributed by atoms with E-state index in [1.165, 1.54) is 16.7 Å². The van der Waals surface area contributed by atoms with Crippen LogP contribution in [0.5, 0.6) is 0 Å². The summed E-state index contributed by atoms with van der Waals surface area (Å²) in [4.78, 5) is 20.7. The lowest BCUT2D eigenvalue weighted by Gasteiger charge is -2.30. The number of amides is 1. The van der Waals surface area contributed by atoms with Gasteiger partial charge >= 0.3 is 0 Å². The van der Waals surface area contributed by atoms with Crippen LogP contribution in [-0.4, -0.2) is 49.2 Å². The molecule has 140 valence electrons. The Hall–Kier alpha value is -1.73. The molecule has 5 nitrogen and oxygen atoms in total. The van der Waals surface area contributed by atoms with Crippen LogP contribution in [0.4, 0.5) is 0 Å². The highest BCUT2D eigenvalue weighted by Gasteiger charge is 2.29. The summed E-state index contributed by atoms with van der Waals surface area (Å²) in [6.07, 6.45) is 1.73. The van der Waals surface area contributed by atoms with E-state index < -0.39 is 0 Å². The molecule has 1 amide bonds. The molecule has 4 rings (SSSR count). The van der Waals surface area contributed by atoms with Crippen LogP contribution >= 0.6 is 35.0 Å². The van der Waals surface area contributed by atoms with Crippen molar-refractivity contribution in [3.63, 3.8) is 0 Å². The maximum atomic E-state index is 12.3. The summed E-state index contributed by atoms with van der Waals surface area (Å²) in [5.41, 5.74) is 0.757. The van der Waals surface area contributed by atoms with Gasteiger partial charge in [-0.2, -0.15) is 4.99 Å². The summed E-state index contributed by atoms with van der Waals surface area (Å²) in [5.74, 6) is 0.997. The van der Waals surface area contributed by atoms with Gasteiger partial charge in [-0.1, -0.05) is 23.2 Å². The maximum Gasteiger partial charge on any atom is 0.286 e. The number of nitrogens with one attached hydrogen (secondary N) is 1. The first-order valence-corrected chi connectivity index (χ1v) is 10.2. The van der Waals surface area contributed by atoms with E-state index in [2.05, 4.69) is 16.9 Å². The van der Waals surface area contributed by atoms with Crippen LogP contribution in [0.2, 0.25) is 10.0 Å². The molecule has 1 aromatic carbocycles. The van der Waals surface area contributed by atoms with Gasteiger partial charge in [0.1, 0.15) is 11.5 Å². The van der Waals surface area contributed by atoms with Gasteiger partial charge in [0.15, 0.2) is 5.17 Å². The number of nitrogens with zero attached hydrogens (tertiary/aromatic N) is 2. The molecule has 2 aliphatic heterocycles. The first kappa shape index (κ1) is 18.6. The first-order chi connectivity index (χ1) is 13.0. The fourth-order valence-electron chi connectivity index (χ4n) is 3.01. The average Bonchev–Trinajstić information content (AvgIpc) is 3.23. The number of amidine groups is 1. The zero-order valence-electron chi connectivity index (χ0n) is 14.7. The lowest BCUT2D eigenvalue weighted by Crippen LogP contribution is -3.12. The van der Waals surface area contributed by atoms with Gasteiger partial charge in [0.2, 0.25) is 0 Å². The number of hydrogen-bond acceptors (Lipinski definition) is 4. The second-order valence-corrected chi connectivity index (χ2v) is 8.43. The van der Waals surface area contributed by atoms with Crippen molar-refractivity contribution in [1.29, 1.82) is 0 Å². The molecular formula is C19H18Cl2N3O2S+. The van der Waals surface area contributed by atoms with E-state index in [0.717, 1.165) is 36.9 Å². The molecule has 8 heteroatoms. The molecule has 1 aromatic heterocycles. The Morgan fingerprint density at radius 2 is 2.00 bits per heavy atom. The number of halogens is 2. The van der Waals surface area contributed by atoms with E-state index in [4.69, 9.17) is 27.6 Å². The molecule has 0 atom stereocenters. The molecule has 0 spiro atoms. The van der Waals surface area contributed by atoms with Crippen molar-refractivity contribution in [2.75, 3.05) is 33.2 Å². The summed E-state index contributed by atoms with van der Waals surface area (Å²) < 4.78 is 5.86. The smallest absolute Gasteiger partial charge is 0.286 e. The molecule has 2 aromatic rings. The Balaban J connectivity index is 1.50. The van der Waals surface area contributed by atoms with Gasteiger partial charge < -0.3 is 14.2 Å². The number of benzene rings is 1. The van der Waals surface area contributed by atoms with E-state index in [9.17, 15) is 4.79 Å². The lowest BCUT2D eigenvalue weighted by molar-refractivity contribution is -0.883. The van der Waals surface area contributed by atoms with Crippen molar-refractivity contribution in [3.8, 4) is 11.3 Å². The number of rotatable bonds is 2. The molecule has 1 saturated heterocycles. The van der Waals surface area contributed by atoms with Gasteiger partial charge in [-0.25, -0.2) is 0 Å². The molecule has 0 bridgehead atoms. The fourth-order valence-corrected chi connectivity index (χ4v) is 4.45. The van der Waals surface area contributed by atoms with Crippen LogP contribution < -0.4 is 4.90 Å². The van der Waals surface area contributed by atoms with Crippen molar-refractivity contribution in [2.24, 2.45) is 4.99 Å². The van der Waals surface area contributed by atoms with Gasteiger partial charge in [-0.3, -0.25) is 4.79 Å². The summed E-state index contributed by atoms with van der Waals surface area (Å²) in [6.45, 7) is 3.93. The van der Waals surface area contributed by atoms with Crippen molar-refractivity contribution in [1.82, 2.24) is 4.90 Å². The molecule has 27 heavy (non-hydrogen) atoms. The predicted octanol–water partition coefficient (Wildman–Crippen LogP) is 3.05. The Morgan fingerprint density at radius 1 is 1.22 bits per heavy atom. The molecule has 1 N–H and O–H groups in total. The van der Waals surface area contributed by atoms with Gasteiger partial charge in [0.05, 0.1) is 43.2 Å². The van der Waals surface area contributed by atoms with Crippen molar-refractivity contribution >= 4 is 52.1 Å². The molecule has 0 radical (unpaired) electrons. The third-order valence-electron chi connectivity index (χ3n) is 4.59. The fraction of sp³-hybridized carbons (Fsp3) is 0.263. The zero-order chi connectivity index (χ0) is 19.0. The van der Waals surface area contributed by atoms with Gasteiger partial charge in [-0.15, -0.1) is 0 Å². The third kappa shape index (κ3) is 4.09. The van der Waals surface area contributed by atoms with Crippen LogP contribution in [0, 0.1) is 0 Å². The average molecular weight is 423 g/mol. The molecule has 0 saturated carbocycles. The highest BCUT2D eigenvalue weighted by atomic mass is 35.5. The Morgan fingerprint density at radius 3 is 2.74 bits per heavy atom. The quantitative estimate of drug-likeness (QED) is 0.755. The molecule has 1 fully saturated rings. The SMILES string of the molecule is C[NH+]1CCN(C2=NC(=O)/C(=C/c3ccc(-c4ccc(Cl)cc4Cl)o3)S2)CC1. The Labute approximate surface area is 171 Å². The van der Waals surface area contributed by atoms with Crippen molar-refractivity contribution in [3.05, 3.63) is 51.0 Å².